The number of hydrogen-bond acceptors (Lipinski definition) is 6. The molecule has 18 heavy (non-hydrogen) atoms. The number of amides is 1. The fraction of sp³-hybridized carbons (Fsp3) is 0.364. The molecule has 0 aliphatic carbocycles. The lowest BCUT2D eigenvalue weighted by atomic mass is 10.3. The Balaban J connectivity index is 1.86. The average Bonchev–Trinajstić information content (AvgIpc) is 2.76. The van der Waals surface area contributed by atoms with Gasteiger partial charge in [-0.2, -0.15) is 0 Å². The van der Waals surface area contributed by atoms with Crippen molar-refractivity contribution in [1.82, 2.24) is 20.2 Å². The smallest absolute Gasteiger partial charge is 0.236 e. The van der Waals surface area contributed by atoms with E-state index in [1.54, 1.807) is 11.3 Å². The van der Waals surface area contributed by atoms with Crippen molar-refractivity contribution >= 4 is 33.3 Å². The SMILES string of the molecule is Nc1ncnc2sc(CN3CCNCC3=O)cc12. The fourth-order valence-corrected chi connectivity index (χ4v) is 3.02. The summed E-state index contributed by atoms with van der Waals surface area (Å²) in [5.74, 6) is 0.631. The van der Waals surface area contributed by atoms with E-state index in [0.29, 0.717) is 18.9 Å². The zero-order valence-electron chi connectivity index (χ0n) is 9.72. The van der Waals surface area contributed by atoms with E-state index >= 15 is 0 Å². The molecular formula is C11H13N5OS. The molecule has 6 nitrogen and oxygen atoms in total. The van der Waals surface area contributed by atoms with Gasteiger partial charge in [-0.3, -0.25) is 4.79 Å². The monoisotopic (exact) mass is 263 g/mol. The molecule has 3 N–H and O–H groups in total. The molecule has 2 aromatic rings. The first-order valence-corrected chi connectivity index (χ1v) is 6.53. The third-order valence-corrected chi connectivity index (χ3v) is 3.97. The first kappa shape index (κ1) is 11.4. The molecule has 0 spiro atoms. The van der Waals surface area contributed by atoms with E-state index in [4.69, 9.17) is 5.73 Å². The predicted octanol–water partition coefficient (Wildman–Crippen LogP) is 0.205. The maximum Gasteiger partial charge on any atom is 0.236 e. The van der Waals surface area contributed by atoms with Crippen molar-refractivity contribution in [2.45, 2.75) is 6.54 Å². The second-order valence-corrected chi connectivity index (χ2v) is 5.30. The highest BCUT2D eigenvalue weighted by atomic mass is 32.1. The van der Waals surface area contributed by atoms with E-state index in [1.165, 1.54) is 6.33 Å². The summed E-state index contributed by atoms with van der Waals surface area (Å²) < 4.78 is 0. The normalized spacial score (nSPS) is 16.4. The average molecular weight is 263 g/mol. The fourth-order valence-electron chi connectivity index (χ4n) is 2.00. The van der Waals surface area contributed by atoms with Crippen LogP contribution in [0.25, 0.3) is 10.2 Å². The number of anilines is 1. The predicted molar refractivity (Wildman–Crippen MR) is 70.1 cm³/mol. The minimum Gasteiger partial charge on any atom is -0.383 e. The van der Waals surface area contributed by atoms with Crippen molar-refractivity contribution in [3.63, 3.8) is 0 Å². The highest BCUT2D eigenvalue weighted by Gasteiger charge is 2.18. The zero-order chi connectivity index (χ0) is 12.5. The van der Waals surface area contributed by atoms with Crippen LogP contribution >= 0.6 is 11.3 Å². The summed E-state index contributed by atoms with van der Waals surface area (Å²) in [7, 11) is 0. The zero-order valence-corrected chi connectivity index (χ0v) is 10.5. The van der Waals surface area contributed by atoms with Gasteiger partial charge in [-0.25, -0.2) is 9.97 Å². The van der Waals surface area contributed by atoms with E-state index in [9.17, 15) is 4.79 Å². The second kappa shape index (κ2) is 4.51. The Labute approximate surface area is 108 Å². The number of carbonyl (C=O) groups is 1. The molecule has 0 radical (unpaired) electrons. The van der Waals surface area contributed by atoms with E-state index < -0.39 is 0 Å². The maximum absolute atomic E-state index is 11.7. The standard InChI is InChI=1S/C11H13N5OS/c12-10-8-3-7(18-11(8)15-6-14-10)5-16-2-1-13-4-9(16)17/h3,6,13H,1-2,4-5H2,(H2,12,14,15). The van der Waals surface area contributed by atoms with E-state index in [-0.39, 0.29) is 5.91 Å². The Morgan fingerprint density at radius 2 is 2.39 bits per heavy atom. The summed E-state index contributed by atoms with van der Waals surface area (Å²) in [5.41, 5.74) is 5.80. The molecule has 7 heteroatoms. The van der Waals surface area contributed by atoms with E-state index in [0.717, 1.165) is 28.2 Å². The quantitative estimate of drug-likeness (QED) is 0.809. The molecule has 3 rings (SSSR count). The molecule has 1 aliphatic heterocycles. The summed E-state index contributed by atoms with van der Waals surface area (Å²) >= 11 is 1.56. The maximum atomic E-state index is 11.7. The minimum atomic E-state index is 0.137. The first-order chi connectivity index (χ1) is 8.74. The van der Waals surface area contributed by atoms with Gasteiger partial charge >= 0.3 is 0 Å². The molecule has 3 heterocycles. The van der Waals surface area contributed by atoms with Crippen molar-refractivity contribution < 1.29 is 4.79 Å². The van der Waals surface area contributed by atoms with Crippen LogP contribution in [0.1, 0.15) is 4.88 Å². The lowest BCUT2D eigenvalue weighted by Crippen LogP contribution is -2.47. The number of aromatic nitrogens is 2. The van der Waals surface area contributed by atoms with Crippen LogP contribution in [0.3, 0.4) is 0 Å². The van der Waals surface area contributed by atoms with Crippen molar-refractivity contribution in [1.29, 1.82) is 0 Å². The molecule has 2 aromatic heterocycles. The Morgan fingerprint density at radius 3 is 3.17 bits per heavy atom. The molecule has 94 valence electrons. The highest BCUT2D eigenvalue weighted by molar-refractivity contribution is 7.18. The van der Waals surface area contributed by atoms with Gasteiger partial charge in [0.25, 0.3) is 0 Å². The number of nitrogens with zero attached hydrogens (tertiary/aromatic N) is 3. The van der Waals surface area contributed by atoms with Gasteiger partial charge in [-0.05, 0) is 6.07 Å². The third-order valence-electron chi connectivity index (χ3n) is 2.95. The molecule has 1 fully saturated rings. The number of nitrogen functional groups attached to an aromatic ring is 1. The molecule has 1 saturated heterocycles. The third kappa shape index (κ3) is 2.02. The lowest BCUT2D eigenvalue weighted by Gasteiger charge is -2.26. The van der Waals surface area contributed by atoms with E-state index in [1.807, 2.05) is 11.0 Å². The molecule has 0 unspecified atom stereocenters. The van der Waals surface area contributed by atoms with Crippen LogP contribution in [0.4, 0.5) is 5.82 Å². The number of fused-ring (bicyclic) bond motifs is 1. The van der Waals surface area contributed by atoms with Gasteiger partial charge in [-0.15, -0.1) is 11.3 Å². The van der Waals surface area contributed by atoms with Crippen molar-refractivity contribution in [3.8, 4) is 0 Å². The number of carbonyl (C=O) groups excluding carboxylic acids is 1. The van der Waals surface area contributed by atoms with Crippen LogP contribution in [-0.2, 0) is 11.3 Å². The number of piperazine rings is 1. The second-order valence-electron chi connectivity index (χ2n) is 4.18. The van der Waals surface area contributed by atoms with Gasteiger partial charge in [0.15, 0.2) is 0 Å². The number of hydrogen-bond donors (Lipinski definition) is 2. The summed E-state index contributed by atoms with van der Waals surface area (Å²) in [6.07, 6.45) is 1.47. The Hall–Kier alpha value is -1.73. The Kier molecular flexibility index (Phi) is 2.85. The first-order valence-electron chi connectivity index (χ1n) is 5.71. The van der Waals surface area contributed by atoms with Crippen LogP contribution < -0.4 is 11.1 Å². The number of thiophene rings is 1. The largest absolute Gasteiger partial charge is 0.383 e. The van der Waals surface area contributed by atoms with Crippen LogP contribution in [0, 0.1) is 0 Å². The number of nitrogens with two attached hydrogens (primary N) is 1. The Bertz CT molecular complexity index is 596. The topological polar surface area (TPSA) is 84.1 Å². The number of rotatable bonds is 2. The van der Waals surface area contributed by atoms with Crippen molar-refractivity contribution in [3.05, 3.63) is 17.3 Å². The highest BCUT2D eigenvalue weighted by Crippen LogP contribution is 2.27. The van der Waals surface area contributed by atoms with Crippen molar-refractivity contribution in [2.24, 2.45) is 0 Å². The summed E-state index contributed by atoms with van der Waals surface area (Å²) in [4.78, 5) is 23.7. The summed E-state index contributed by atoms with van der Waals surface area (Å²) in [6.45, 7) is 2.64. The van der Waals surface area contributed by atoms with Gasteiger partial charge in [0.05, 0.1) is 18.5 Å². The molecule has 0 aromatic carbocycles. The van der Waals surface area contributed by atoms with Gasteiger partial charge in [0.1, 0.15) is 17.0 Å². The minimum absolute atomic E-state index is 0.137. The van der Waals surface area contributed by atoms with Gasteiger partial charge in [0.2, 0.25) is 5.91 Å². The molecule has 1 aliphatic rings. The van der Waals surface area contributed by atoms with Crippen LogP contribution in [-0.4, -0.2) is 40.4 Å². The van der Waals surface area contributed by atoms with Crippen LogP contribution in [0.5, 0.6) is 0 Å². The van der Waals surface area contributed by atoms with Crippen LogP contribution in [0.15, 0.2) is 12.4 Å². The molecule has 1 amide bonds. The lowest BCUT2D eigenvalue weighted by molar-refractivity contribution is -0.132. The summed E-state index contributed by atoms with van der Waals surface area (Å²) in [6, 6.07) is 1.98. The number of nitrogens with one attached hydrogen (secondary N) is 1. The molecule has 0 atom stereocenters. The van der Waals surface area contributed by atoms with Crippen molar-refractivity contribution in [2.75, 3.05) is 25.4 Å². The Morgan fingerprint density at radius 1 is 1.50 bits per heavy atom. The van der Waals surface area contributed by atoms with Gasteiger partial charge in [-0.1, -0.05) is 0 Å². The molecular weight excluding hydrogens is 250 g/mol. The summed E-state index contributed by atoms with van der Waals surface area (Å²) in [5, 5.41) is 3.93. The molecule has 0 saturated carbocycles. The van der Waals surface area contributed by atoms with E-state index in [2.05, 4.69) is 15.3 Å². The van der Waals surface area contributed by atoms with Crippen LogP contribution in [0.2, 0.25) is 0 Å². The molecule has 0 bridgehead atoms. The van der Waals surface area contributed by atoms with Gasteiger partial charge < -0.3 is 16.0 Å². The van der Waals surface area contributed by atoms with Gasteiger partial charge in [0, 0.05) is 18.0 Å².